The molecule has 1 rings (SSSR count). The minimum absolute atomic E-state index is 0.549. The van der Waals surface area contributed by atoms with Gasteiger partial charge in [0, 0.05) is 6.61 Å². The smallest absolute Gasteiger partial charge is 0.151 e. The van der Waals surface area contributed by atoms with Crippen molar-refractivity contribution in [3.63, 3.8) is 0 Å². The number of allylic oxidation sites excluding steroid dienone is 2. The third-order valence-corrected chi connectivity index (χ3v) is 1.43. The number of rotatable bonds is 3. The van der Waals surface area contributed by atoms with Crippen molar-refractivity contribution in [2.45, 2.75) is 19.4 Å². The van der Waals surface area contributed by atoms with E-state index < -0.39 is 6.10 Å². The van der Waals surface area contributed by atoms with Gasteiger partial charge >= 0.3 is 0 Å². The maximum atomic E-state index is 9.30. The molecule has 2 heteroatoms. The van der Waals surface area contributed by atoms with E-state index in [1.54, 1.807) is 12.2 Å². The van der Waals surface area contributed by atoms with Crippen LogP contribution < -0.4 is 0 Å². The number of hydrogen-bond acceptors (Lipinski definition) is 2. The summed E-state index contributed by atoms with van der Waals surface area (Å²) in [6.45, 7) is 2.71. The first-order valence-corrected chi connectivity index (χ1v) is 3.87. The topological polar surface area (TPSA) is 29.5 Å². The monoisotopic (exact) mass is 153 g/mol. The van der Waals surface area contributed by atoms with Gasteiger partial charge in [-0.3, -0.25) is 0 Å². The molecule has 1 radical (unpaired) electrons. The van der Waals surface area contributed by atoms with E-state index in [2.05, 4.69) is 0 Å². The Balaban J connectivity index is 2.33. The summed E-state index contributed by atoms with van der Waals surface area (Å²) in [5, 5.41) is 9.30. The summed E-state index contributed by atoms with van der Waals surface area (Å²) in [4.78, 5) is 0. The van der Waals surface area contributed by atoms with Gasteiger partial charge in [-0.2, -0.15) is 0 Å². The van der Waals surface area contributed by atoms with E-state index in [1.165, 1.54) is 0 Å². The molecule has 0 saturated carbocycles. The standard InChI is InChI=1S/C9H13O2/c1-2-7-11-9-6-4-3-5-8(9)10/h3-6,8,10H,2,7H2,1H3. The number of aliphatic hydroxyl groups excluding tert-OH is 1. The van der Waals surface area contributed by atoms with Crippen molar-refractivity contribution in [2.75, 3.05) is 6.61 Å². The first-order valence-electron chi connectivity index (χ1n) is 3.87. The van der Waals surface area contributed by atoms with Crippen LogP contribution in [0.15, 0.2) is 24.3 Å². The molecule has 0 bridgehead atoms. The molecule has 0 aromatic heterocycles. The van der Waals surface area contributed by atoms with Gasteiger partial charge in [-0.1, -0.05) is 25.2 Å². The first-order chi connectivity index (χ1) is 5.34. The van der Waals surface area contributed by atoms with Crippen LogP contribution in [0.3, 0.4) is 0 Å². The van der Waals surface area contributed by atoms with Crippen LogP contribution in [0.2, 0.25) is 0 Å². The van der Waals surface area contributed by atoms with Crippen molar-refractivity contribution >= 4 is 0 Å². The van der Waals surface area contributed by atoms with Crippen molar-refractivity contribution in [2.24, 2.45) is 0 Å². The van der Waals surface area contributed by atoms with E-state index in [9.17, 15) is 5.11 Å². The third kappa shape index (κ3) is 2.48. The summed E-state index contributed by atoms with van der Waals surface area (Å²) in [5.41, 5.74) is 0. The molecular formula is C9H13O2. The number of aliphatic hydroxyl groups is 1. The lowest BCUT2D eigenvalue weighted by atomic mass is 10.1. The molecule has 0 aromatic rings. The van der Waals surface area contributed by atoms with Gasteiger partial charge < -0.3 is 9.84 Å². The minimum Gasteiger partial charge on any atom is -0.386 e. The molecule has 0 saturated heterocycles. The Kier molecular flexibility index (Phi) is 3.33. The molecule has 0 aliphatic heterocycles. The maximum Gasteiger partial charge on any atom is 0.151 e. The van der Waals surface area contributed by atoms with Gasteiger partial charge in [-0.05, 0) is 12.5 Å². The third-order valence-electron chi connectivity index (χ3n) is 1.43. The molecule has 0 heterocycles. The van der Waals surface area contributed by atoms with Crippen molar-refractivity contribution in [1.29, 1.82) is 0 Å². The number of hydrogen-bond donors (Lipinski definition) is 1. The van der Waals surface area contributed by atoms with Crippen LogP contribution in [-0.4, -0.2) is 17.8 Å². The maximum absolute atomic E-state index is 9.30. The van der Waals surface area contributed by atoms with Crippen molar-refractivity contribution in [3.05, 3.63) is 30.4 Å². The van der Waals surface area contributed by atoms with Crippen LogP contribution in [0.25, 0.3) is 0 Å². The summed E-state index contributed by atoms with van der Waals surface area (Å²) < 4.78 is 5.27. The SMILES string of the molecule is CCCO[C]1C=CC=CC1O. The fourth-order valence-corrected chi connectivity index (χ4v) is 0.867. The van der Waals surface area contributed by atoms with Crippen molar-refractivity contribution in [1.82, 2.24) is 0 Å². The predicted molar refractivity (Wildman–Crippen MR) is 43.8 cm³/mol. The van der Waals surface area contributed by atoms with Gasteiger partial charge in [-0.25, -0.2) is 0 Å². The van der Waals surface area contributed by atoms with Gasteiger partial charge in [0.25, 0.3) is 0 Å². The molecule has 61 valence electrons. The van der Waals surface area contributed by atoms with E-state index in [0.717, 1.165) is 6.42 Å². The van der Waals surface area contributed by atoms with E-state index >= 15 is 0 Å². The Hall–Kier alpha value is -0.600. The van der Waals surface area contributed by atoms with Gasteiger partial charge in [0.15, 0.2) is 6.10 Å². The quantitative estimate of drug-likeness (QED) is 0.664. The van der Waals surface area contributed by atoms with Crippen molar-refractivity contribution in [3.8, 4) is 0 Å². The fraction of sp³-hybridized carbons (Fsp3) is 0.444. The van der Waals surface area contributed by atoms with E-state index in [1.807, 2.05) is 19.1 Å². The highest BCUT2D eigenvalue weighted by Gasteiger charge is 2.16. The van der Waals surface area contributed by atoms with Crippen LogP contribution in [-0.2, 0) is 4.74 Å². The normalized spacial score (nSPS) is 24.4. The fourth-order valence-electron chi connectivity index (χ4n) is 0.867. The molecule has 0 fully saturated rings. The van der Waals surface area contributed by atoms with Crippen LogP contribution in [0, 0.1) is 6.10 Å². The lowest BCUT2D eigenvalue weighted by Gasteiger charge is -2.17. The largest absolute Gasteiger partial charge is 0.386 e. The van der Waals surface area contributed by atoms with Crippen LogP contribution in [0.4, 0.5) is 0 Å². The molecule has 1 aliphatic carbocycles. The van der Waals surface area contributed by atoms with Crippen LogP contribution in [0.5, 0.6) is 0 Å². The molecule has 1 atom stereocenters. The molecular weight excluding hydrogens is 140 g/mol. The summed E-state index contributed by atoms with van der Waals surface area (Å²) >= 11 is 0. The zero-order valence-corrected chi connectivity index (χ0v) is 6.66. The molecule has 11 heavy (non-hydrogen) atoms. The Morgan fingerprint density at radius 3 is 3.00 bits per heavy atom. The molecule has 2 nitrogen and oxygen atoms in total. The van der Waals surface area contributed by atoms with Crippen molar-refractivity contribution < 1.29 is 9.84 Å². The predicted octanol–water partition coefficient (Wildman–Crippen LogP) is 1.43. The molecule has 1 aliphatic rings. The summed E-state index contributed by atoms with van der Waals surface area (Å²) in [6, 6.07) is 0. The second-order valence-electron chi connectivity index (χ2n) is 2.44. The van der Waals surface area contributed by atoms with Gasteiger partial charge in [0.2, 0.25) is 0 Å². The Morgan fingerprint density at radius 2 is 2.36 bits per heavy atom. The molecule has 0 amide bonds. The summed E-state index contributed by atoms with van der Waals surface area (Å²) in [5.74, 6) is 0. The van der Waals surface area contributed by atoms with Gasteiger partial charge in [-0.15, -0.1) is 0 Å². The average Bonchev–Trinajstić information content (AvgIpc) is 2.03. The first kappa shape index (κ1) is 8.50. The highest BCUT2D eigenvalue weighted by Crippen LogP contribution is 2.16. The van der Waals surface area contributed by atoms with E-state index in [4.69, 9.17) is 4.74 Å². The zero-order valence-electron chi connectivity index (χ0n) is 6.66. The molecule has 1 N–H and O–H groups in total. The molecule has 0 spiro atoms. The van der Waals surface area contributed by atoms with E-state index in [-0.39, 0.29) is 0 Å². The second-order valence-corrected chi connectivity index (χ2v) is 2.44. The number of ether oxygens (including phenoxy) is 1. The molecule has 1 unspecified atom stereocenters. The lowest BCUT2D eigenvalue weighted by molar-refractivity contribution is 0.0826. The Bertz CT molecular complexity index is 161. The Labute approximate surface area is 67.2 Å². The minimum atomic E-state index is -0.549. The highest BCUT2D eigenvalue weighted by atomic mass is 16.5. The van der Waals surface area contributed by atoms with Crippen LogP contribution in [0.1, 0.15) is 13.3 Å². The summed E-state index contributed by atoms with van der Waals surface area (Å²) in [7, 11) is 0. The lowest BCUT2D eigenvalue weighted by Crippen LogP contribution is -2.18. The Morgan fingerprint density at radius 1 is 1.55 bits per heavy atom. The molecule has 0 aromatic carbocycles. The average molecular weight is 153 g/mol. The summed E-state index contributed by atoms with van der Waals surface area (Å²) in [6.07, 6.45) is 8.22. The second kappa shape index (κ2) is 4.31. The van der Waals surface area contributed by atoms with Gasteiger partial charge in [0.05, 0.1) is 0 Å². The van der Waals surface area contributed by atoms with E-state index in [0.29, 0.717) is 12.7 Å². The van der Waals surface area contributed by atoms with Crippen LogP contribution >= 0.6 is 0 Å². The highest BCUT2D eigenvalue weighted by molar-refractivity contribution is 5.24. The van der Waals surface area contributed by atoms with Gasteiger partial charge in [0.1, 0.15) is 6.10 Å². The zero-order chi connectivity index (χ0) is 8.10.